The zero-order valence-electron chi connectivity index (χ0n) is 26.8. The molecule has 2 aromatic heterocycles. The Kier molecular flexibility index (Phi) is 16.8. The summed E-state index contributed by atoms with van der Waals surface area (Å²) in [6.07, 6.45) is 4.74. The van der Waals surface area contributed by atoms with Crippen LogP contribution in [0, 0.1) is 20.2 Å². The summed E-state index contributed by atoms with van der Waals surface area (Å²) in [5, 5.41) is 35.1. The van der Waals surface area contributed by atoms with Gasteiger partial charge in [0, 0.05) is 10.7 Å². The summed E-state index contributed by atoms with van der Waals surface area (Å²) in [6, 6.07) is 11.8. The lowest BCUT2D eigenvalue weighted by atomic mass is 10.2. The van der Waals surface area contributed by atoms with Crippen molar-refractivity contribution in [3.63, 3.8) is 0 Å². The van der Waals surface area contributed by atoms with E-state index in [4.69, 9.17) is 14.9 Å². The van der Waals surface area contributed by atoms with E-state index in [1.165, 1.54) is 30.3 Å². The highest BCUT2D eigenvalue weighted by Gasteiger charge is 2.21. The van der Waals surface area contributed by atoms with E-state index in [1.54, 1.807) is 18.2 Å². The van der Waals surface area contributed by atoms with Crippen LogP contribution in [0.25, 0.3) is 0 Å². The molecule has 276 valence electrons. The number of carbonyl (C=O) groups is 2. The van der Waals surface area contributed by atoms with Crippen LogP contribution >= 0.6 is 33.4 Å². The summed E-state index contributed by atoms with van der Waals surface area (Å²) in [5.74, 6) is -1.57. The van der Waals surface area contributed by atoms with Crippen molar-refractivity contribution < 1.29 is 45.6 Å². The van der Waals surface area contributed by atoms with E-state index in [-0.39, 0.29) is 54.4 Å². The smallest absolute Gasteiger partial charge is 0.345 e. The van der Waals surface area contributed by atoms with E-state index in [2.05, 4.69) is 20.6 Å². The third kappa shape index (κ3) is 15.3. The molecule has 0 unspecified atom stereocenters. The van der Waals surface area contributed by atoms with Gasteiger partial charge in [0.25, 0.3) is 11.8 Å². The van der Waals surface area contributed by atoms with Crippen molar-refractivity contribution in [3.8, 4) is 11.5 Å². The molecule has 0 saturated carbocycles. The molecule has 0 aliphatic carbocycles. The Hall–Kier alpha value is -4.77. The number of anilines is 2. The second kappa shape index (κ2) is 20.2. The monoisotopic (exact) mass is 806 g/mol. The Bertz CT molecular complexity index is 2040. The molecule has 18 nitrogen and oxygen atoms in total. The lowest BCUT2D eigenvalue weighted by Crippen LogP contribution is -2.18. The Labute approximate surface area is 304 Å². The van der Waals surface area contributed by atoms with E-state index in [0.717, 1.165) is 30.2 Å². The molecule has 0 radical (unpaired) electrons. The number of carbonyl (C=O) groups excluding carboxylic acids is 2. The van der Waals surface area contributed by atoms with Gasteiger partial charge in [0.15, 0.2) is 16.0 Å². The number of aromatic nitrogens is 2. The highest BCUT2D eigenvalue weighted by molar-refractivity contribution is 8.13. The number of benzene rings is 2. The SMILES string of the molecule is CCCCS(=O)(=O)Cl.CCCCS(=O)(=O)Oc1ccccc1C(=O)Nc1ncc([N+](=O)[O-])s1.O=C(Nc1ncc([N+](=O)[O-])s1)c1ccccc1O. The molecule has 2 heterocycles. The molecule has 0 fully saturated rings. The molecule has 0 saturated heterocycles. The molecule has 2 amide bonds. The van der Waals surface area contributed by atoms with Gasteiger partial charge in [-0.05, 0) is 59.8 Å². The first-order valence-corrected chi connectivity index (χ1v) is 20.2. The number of aromatic hydroxyl groups is 1. The Morgan fingerprint density at radius 3 is 1.69 bits per heavy atom. The van der Waals surface area contributed by atoms with Crippen LogP contribution in [0.15, 0.2) is 60.9 Å². The van der Waals surface area contributed by atoms with Crippen LogP contribution in [0.4, 0.5) is 20.3 Å². The van der Waals surface area contributed by atoms with Gasteiger partial charge >= 0.3 is 20.1 Å². The number of nitrogens with one attached hydrogen (secondary N) is 2. The number of rotatable bonds is 14. The maximum Gasteiger partial charge on any atom is 0.345 e. The first-order chi connectivity index (χ1) is 24.0. The first-order valence-electron chi connectivity index (χ1n) is 14.5. The van der Waals surface area contributed by atoms with Crippen molar-refractivity contribution in [1.29, 1.82) is 0 Å². The zero-order chi connectivity index (χ0) is 38.2. The molecule has 23 heteroatoms. The standard InChI is InChI=1S/C14H15N3O6S2.C10H7N3O4S.C4H9ClO2S/c1-2-3-8-25(21,22)23-11-7-5-4-6-10(11)13(18)16-14-15-9-12(24-14)17(19)20;14-7-4-2-1-3-6(7)9(15)12-10-11-5-8(18-10)13(16)17;1-2-3-4-8(5,6)7/h4-7,9H,2-3,8H2,1H3,(H,15,16,18);1-5,14H,(H,11,12,15);2-4H2,1H3. The molecule has 0 aliphatic rings. The van der Waals surface area contributed by atoms with Crippen molar-refractivity contribution >= 4 is 84.6 Å². The molecule has 0 atom stereocenters. The predicted molar refractivity (Wildman–Crippen MR) is 192 cm³/mol. The predicted octanol–water partition coefficient (Wildman–Crippen LogP) is 6.18. The second-order valence-electron chi connectivity index (χ2n) is 9.74. The number of thiazole rings is 2. The Morgan fingerprint density at radius 2 is 1.25 bits per heavy atom. The number of phenols is 1. The maximum absolute atomic E-state index is 12.3. The number of unbranched alkanes of at least 4 members (excludes halogenated alkanes) is 2. The third-order valence-electron chi connectivity index (χ3n) is 5.77. The Morgan fingerprint density at radius 1 is 0.804 bits per heavy atom. The van der Waals surface area contributed by atoms with Gasteiger partial charge in [0.2, 0.25) is 9.05 Å². The van der Waals surface area contributed by atoms with Crippen LogP contribution in [-0.4, -0.2) is 65.1 Å². The van der Waals surface area contributed by atoms with E-state index < -0.39 is 40.8 Å². The van der Waals surface area contributed by atoms with Gasteiger partial charge in [-0.3, -0.25) is 40.5 Å². The first kappa shape index (κ1) is 42.4. The highest BCUT2D eigenvalue weighted by Crippen LogP contribution is 2.28. The molecule has 4 aromatic rings. The number of hydrogen-bond donors (Lipinski definition) is 3. The second-order valence-corrected chi connectivity index (χ2v) is 16.3. The summed E-state index contributed by atoms with van der Waals surface area (Å²) < 4.78 is 49.2. The molecule has 0 spiro atoms. The van der Waals surface area contributed by atoms with Gasteiger partial charge in [-0.15, -0.1) is 0 Å². The van der Waals surface area contributed by atoms with E-state index in [9.17, 15) is 51.8 Å². The van der Waals surface area contributed by atoms with Gasteiger partial charge in [-0.1, -0.05) is 51.0 Å². The fourth-order valence-corrected chi connectivity index (χ4v) is 6.71. The molecule has 51 heavy (non-hydrogen) atoms. The minimum Gasteiger partial charge on any atom is -0.507 e. The maximum atomic E-state index is 12.3. The van der Waals surface area contributed by atoms with E-state index in [1.807, 2.05) is 13.8 Å². The molecule has 3 N–H and O–H groups in total. The average molecular weight is 807 g/mol. The molecular weight excluding hydrogens is 776 g/mol. The minimum absolute atomic E-state index is 0.0135. The summed E-state index contributed by atoms with van der Waals surface area (Å²) in [4.78, 5) is 51.4. The fourth-order valence-electron chi connectivity index (χ4n) is 3.35. The zero-order valence-corrected chi connectivity index (χ0v) is 30.8. The van der Waals surface area contributed by atoms with Crippen LogP contribution < -0.4 is 14.8 Å². The molecular formula is C28H31ClN6O12S4. The van der Waals surface area contributed by atoms with Crippen molar-refractivity contribution in [2.45, 2.75) is 39.5 Å². The van der Waals surface area contributed by atoms with Crippen molar-refractivity contribution in [2.24, 2.45) is 0 Å². The highest BCUT2D eigenvalue weighted by atomic mass is 35.7. The minimum atomic E-state index is -3.82. The van der Waals surface area contributed by atoms with Gasteiger partial charge in [-0.25, -0.2) is 18.4 Å². The van der Waals surface area contributed by atoms with Crippen LogP contribution in [0.3, 0.4) is 0 Å². The van der Waals surface area contributed by atoms with Crippen LogP contribution in [0.1, 0.15) is 60.2 Å². The number of nitrogens with zero attached hydrogens (tertiary/aromatic N) is 4. The number of para-hydroxylation sites is 2. The van der Waals surface area contributed by atoms with Gasteiger partial charge in [0.1, 0.15) is 18.1 Å². The summed E-state index contributed by atoms with van der Waals surface area (Å²) in [5.41, 5.74) is 0.0655. The fraction of sp³-hybridized carbons (Fsp3) is 0.286. The normalized spacial score (nSPS) is 10.8. The van der Waals surface area contributed by atoms with Crippen LogP contribution in [0.5, 0.6) is 11.5 Å². The average Bonchev–Trinajstić information content (AvgIpc) is 3.74. The van der Waals surface area contributed by atoms with Crippen molar-refractivity contribution in [3.05, 3.63) is 92.3 Å². The van der Waals surface area contributed by atoms with Crippen LogP contribution in [0.2, 0.25) is 0 Å². The van der Waals surface area contributed by atoms with Gasteiger partial charge in [0.05, 0.1) is 32.5 Å². The number of halogens is 1. The van der Waals surface area contributed by atoms with Crippen LogP contribution in [-0.2, 0) is 19.2 Å². The molecule has 0 aliphatic heterocycles. The lowest BCUT2D eigenvalue weighted by Gasteiger charge is -2.10. The molecule has 0 bridgehead atoms. The third-order valence-corrected chi connectivity index (χ3v) is 9.96. The quantitative estimate of drug-likeness (QED) is 0.0556. The summed E-state index contributed by atoms with van der Waals surface area (Å²) >= 11 is 1.44. The summed E-state index contributed by atoms with van der Waals surface area (Å²) in [7, 11) is -2.15. The number of hydrogen-bond acceptors (Lipinski definition) is 16. The van der Waals surface area contributed by atoms with Crippen molar-refractivity contribution in [2.75, 3.05) is 22.1 Å². The van der Waals surface area contributed by atoms with E-state index in [0.29, 0.717) is 30.6 Å². The topological polar surface area (TPSA) is 268 Å². The summed E-state index contributed by atoms with van der Waals surface area (Å²) in [6.45, 7) is 3.77. The van der Waals surface area contributed by atoms with Crippen molar-refractivity contribution in [1.82, 2.24) is 9.97 Å². The Balaban J connectivity index is 0.000000301. The van der Waals surface area contributed by atoms with E-state index >= 15 is 0 Å². The van der Waals surface area contributed by atoms with Gasteiger partial charge in [-0.2, -0.15) is 8.42 Å². The molecule has 2 aromatic carbocycles. The van der Waals surface area contributed by atoms with Gasteiger partial charge < -0.3 is 9.29 Å². The molecule has 4 rings (SSSR count). The lowest BCUT2D eigenvalue weighted by molar-refractivity contribution is -0.380. The number of amides is 2. The largest absolute Gasteiger partial charge is 0.507 e. The number of phenolic OH excluding ortho intramolecular Hbond substituents is 1. The number of nitro groups is 2.